The Balaban J connectivity index is 1.95. The van der Waals surface area contributed by atoms with E-state index in [0.29, 0.717) is 19.3 Å². The van der Waals surface area contributed by atoms with Crippen LogP contribution in [0.2, 0.25) is 0 Å². The second-order valence-electron chi connectivity index (χ2n) is 5.27. The van der Waals surface area contributed by atoms with Crippen molar-refractivity contribution in [1.82, 2.24) is 4.72 Å². The highest BCUT2D eigenvalue weighted by Gasteiger charge is 2.57. The Morgan fingerprint density at radius 1 is 1.53 bits per heavy atom. The summed E-state index contributed by atoms with van der Waals surface area (Å²) in [4.78, 5) is 11.7. The molecule has 0 saturated heterocycles. The van der Waals surface area contributed by atoms with Gasteiger partial charge in [-0.25, -0.2) is 8.91 Å². The zero-order valence-electron chi connectivity index (χ0n) is 10.0. The second kappa shape index (κ2) is 3.66. The maximum Gasteiger partial charge on any atom is 0.362 e. The van der Waals surface area contributed by atoms with Crippen LogP contribution in [-0.2, 0) is 19.3 Å². The Morgan fingerprint density at radius 3 is 2.53 bits per heavy atom. The zero-order chi connectivity index (χ0) is 12.9. The minimum Gasteiger partial charge on any atom is -0.317 e. The number of nitrogens with two attached hydrogens (primary N) is 1. The predicted molar refractivity (Wildman–Crippen MR) is 61.1 cm³/mol. The van der Waals surface area contributed by atoms with Gasteiger partial charge >= 0.3 is 10.3 Å². The van der Waals surface area contributed by atoms with Crippen molar-refractivity contribution in [2.45, 2.75) is 50.7 Å². The molecule has 0 radical (unpaired) electrons. The Bertz CT molecular complexity index is 443. The molecule has 0 heterocycles. The average molecular weight is 262 g/mol. The highest BCUT2D eigenvalue weighted by molar-refractivity contribution is 7.85. The molecule has 0 aromatic rings. The van der Waals surface area contributed by atoms with Crippen LogP contribution in [0.1, 0.15) is 39.5 Å². The van der Waals surface area contributed by atoms with Crippen LogP contribution in [0.25, 0.3) is 0 Å². The second-order valence-corrected chi connectivity index (χ2v) is 6.55. The van der Waals surface area contributed by atoms with Gasteiger partial charge in [0.15, 0.2) is 0 Å². The molecule has 2 fully saturated rings. The van der Waals surface area contributed by atoms with Crippen LogP contribution in [0.15, 0.2) is 0 Å². The third kappa shape index (κ3) is 2.61. The van der Waals surface area contributed by atoms with Gasteiger partial charge in [0.2, 0.25) is 0 Å². The van der Waals surface area contributed by atoms with Gasteiger partial charge < -0.3 is 5.73 Å². The molecule has 0 bridgehead atoms. The molecule has 6 nitrogen and oxygen atoms in total. The molecular formula is C10H18N2O4S. The number of carbonyl (C=O) groups excluding carboxylic acids is 1. The summed E-state index contributed by atoms with van der Waals surface area (Å²) in [6, 6.07) is 0. The van der Waals surface area contributed by atoms with E-state index in [9.17, 15) is 13.2 Å². The molecule has 0 aromatic carbocycles. The number of hydrogen-bond donors (Lipinski definition) is 2. The molecule has 98 valence electrons. The number of carbonyl (C=O) groups is 1. The lowest BCUT2D eigenvalue weighted by atomic mass is 10.2. The number of amides is 1. The van der Waals surface area contributed by atoms with Gasteiger partial charge in [0.05, 0.1) is 11.1 Å². The molecular weight excluding hydrogens is 244 g/mol. The summed E-state index contributed by atoms with van der Waals surface area (Å²) < 4.78 is 29.9. The SMILES string of the molecule is CC[C@@H]1C[C@]1(N)C(=O)NS(=O)(=O)OC1(C)CC1. The molecule has 2 atom stereocenters. The summed E-state index contributed by atoms with van der Waals surface area (Å²) in [5.41, 5.74) is 4.13. The van der Waals surface area contributed by atoms with Crippen molar-refractivity contribution < 1.29 is 17.4 Å². The van der Waals surface area contributed by atoms with Crippen molar-refractivity contribution in [3.8, 4) is 0 Å². The fourth-order valence-electron chi connectivity index (χ4n) is 1.89. The van der Waals surface area contributed by atoms with Crippen molar-refractivity contribution in [2.24, 2.45) is 11.7 Å². The summed E-state index contributed by atoms with van der Waals surface area (Å²) in [6.07, 6.45) is 2.67. The van der Waals surface area contributed by atoms with Crippen molar-refractivity contribution >= 4 is 16.2 Å². The van der Waals surface area contributed by atoms with E-state index in [0.717, 1.165) is 6.42 Å². The topological polar surface area (TPSA) is 98.5 Å². The molecule has 2 rings (SSSR count). The van der Waals surface area contributed by atoms with Crippen LogP contribution in [0.3, 0.4) is 0 Å². The van der Waals surface area contributed by atoms with Gasteiger partial charge in [-0.1, -0.05) is 13.3 Å². The third-order valence-corrected chi connectivity index (χ3v) is 4.61. The van der Waals surface area contributed by atoms with E-state index in [-0.39, 0.29) is 5.92 Å². The lowest BCUT2D eigenvalue weighted by molar-refractivity contribution is -0.122. The average Bonchev–Trinajstić information content (AvgIpc) is 3.05. The Kier molecular flexibility index (Phi) is 2.76. The maximum atomic E-state index is 11.7. The lowest BCUT2D eigenvalue weighted by Gasteiger charge is -2.14. The van der Waals surface area contributed by atoms with E-state index in [1.165, 1.54) is 0 Å². The first kappa shape index (κ1) is 12.8. The first-order valence-electron chi connectivity index (χ1n) is 5.77. The molecule has 1 amide bonds. The van der Waals surface area contributed by atoms with Crippen molar-refractivity contribution in [1.29, 1.82) is 0 Å². The lowest BCUT2D eigenvalue weighted by Crippen LogP contribution is -2.47. The monoisotopic (exact) mass is 262 g/mol. The molecule has 2 saturated carbocycles. The first-order chi connectivity index (χ1) is 7.71. The summed E-state index contributed by atoms with van der Waals surface area (Å²) in [6.45, 7) is 3.61. The fourth-order valence-corrected chi connectivity index (χ4v) is 3.04. The minimum atomic E-state index is -4.03. The summed E-state index contributed by atoms with van der Waals surface area (Å²) in [7, 11) is -4.03. The summed E-state index contributed by atoms with van der Waals surface area (Å²) in [5, 5.41) is 0. The molecule has 2 aliphatic rings. The van der Waals surface area contributed by atoms with Crippen molar-refractivity contribution in [3.63, 3.8) is 0 Å². The Morgan fingerprint density at radius 2 is 2.12 bits per heavy atom. The van der Waals surface area contributed by atoms with Crippen LogP contribution < -0.4 is 10.5 Å². The van der Waals surface area contributed by atoms with Crippen LogP contribution in [0.4, 0.5) is 0 Å². The van der Waals surface area contributed by atoms with E-state index < -0.39 is 27.4 Å². The number of nitrogens with one attached hydrogen (secondary N) is 1. The van der Waals surface area contributed by atoms with Crippen molar-refractivity contribution in [2.75, 3.05) is 0 Å². The van der Waals surface area contributed by atoms with E-state index in [4.69, 9.17) is 9.92 Å². The van der Waals surface area contributed by atoms with Gasteiger partial charge in [0.25, 0.3) is 5.91 Å². The molecule has 7 heteroatoms. The fraction of sp³-hybridized carbons (Fsp3) is 0.900. The molecule has 2 aliphatic carbocycles. The molecule has 0 spiro atoms. The van der Waals surface area contributed by atoms with Gasteiger partial charge in [0.1, 0.15) is 0 Å². The van der Waals surface area contributed by atoms with E-state index in [1.54, 1.807) is 6.92 Å². The third-order valence-electron chi connectivity index (χ3n) is 3.55. The van der Waals surface area contributed by atoms with Crippen molar-refractivity contribution in [3.05, 3.63) is 0 Å². The molecule has 3 N–H and O–H groups in total. The van der Waals surface area contributed by atoms with Gasteiger partial charge in [-0.3, -0.25) is 4.79 Å². The summed E-state index contributed by atoms with van der Waals surface area (Å²) >= 11 is 0. The zero-order valence-corrected chi connectivity index (χ0v) is 10.8. The quantitative estimate of drug-likeness (QED) is 0.729. The molecule has 0 aliphatic heterocycles. The maximum absolute atomic E-state index is 11.7. The Hall–Kier alpha value is -0.660. The van der Waals surface area contributed by atoms with Gasteiger partial charge in [-0.2, -0.15) is 8.42 Å². The molecule has 17 heavy (non-hydrogen) atoms. The number of rotatable bonds is 5. The van der Waals surface area contributed by atoms with E-state index >= 15 is 0 Å². The number of hydrogen-bond acceptors (Lipinski definition) is 5. The molecule has 0 aromatic heterocycles. The predicted octanol–water partition coefficient (Wildman–Crippen LogP) is 0.0439. The largest absolute Gasteiger partial charge is 0.362 e. The van der Waals surface area contributed by atoms with Crippen LogP contribution in [-0.4, -0.2) is 25.5 Å². The van der Waals surface area contributed by atoms with Crippen LogP contribution in [0.5, 0.6) is 0 Å². The highest BCUT2D eigenvalue weighted by atomic mass is 32.2. The standard InChI is InChI=1S/C10H18N2O4S/c1-3-7-6-10(7,11)8(13)12-17(14,15)16-9(2)4-5-9/h7H,3-6,11H2,1-2H3,(H,12,13)/t7-,10-/m1/s1. The minimum absolute atomic E-state index is 0.0641. The highest BCUT2D eigenvalue weighted by Crippen LogP contribution is 2.44. The van der Waals surface area contributed by atoms with Crippen LogP contribution in [0, 0.1) is 5.92 Å². The molecule has 0 unspecified atom stereocenters. The smallest absolute Gasteiger partial charge is 0.317 e. The van der Waals surface area contributed by atoms with Gasteiger partial charge in [-0.05, 0) is 32.1 Å². The summed E-state index contributed by atoms with van der Waals surface area (Å²) in [5.74, 6) is -0.595. The van der Waals surface area contributed by atoms with E-state index in [1.807, 2.05) is 11.6 Å². The van der Waals surface area contributed by atoms with Gasteiger partial charge in [0, 0.05) is 0 Å². The first-order valence-corrected chi connectivity index (χ1v) is 7.18. The van der Waals surface area contributed by atoms with Crippen LogP contribution >= 0.6 is 0 Å². The Labute approximate surface area is 101 Å². The van der Waals surface area contributed by atoms with E-state index in [2.05, 4.69) is 0 Å². The van der Waals surface area contributed by atoms with Gasteiger partial charge in [-0.15, -0.1) is 0 Å². The normalized spacial score (nSPS) is 34.2.